The van der Waals surface area contributed by atoms with E-state index in [0.717, 1.165) is 22.4 Å². The van der Waals surface area contributed by atoms with E-state index in [4.69, 9.17) is 9.47 Å². The maximum absolute atomic E-state index is 12.4. The van der Waals surface area contributed by atoms with Crippen LogP contribution in [-0.4, -0.2) is 24.9 Å². The van der Waals surface area contributed by atoms with E-state index in [-0.39, 0.29) is 30.6 Å². The third kappa shape index (κ3) is 4.67. The van der Waals surface area contributed by atoms with Crippen molar-refractivity contribution in [2.75, 3.05) is 13.2 Å². The summed E-state index contributed by atoms with van der Waals surface area (Å²) in [6, 6.07) is 11.3. The average Bonchev–Trinajstić information content (AvgIpc) is 2.67. The molecule has 27 heavy (non-hydrogen) atoms. The molecule has 3 rings (SSSR count). The number of nitrogens with one attached hydrogen (secondary N) is 1. The minimum absolute atomic E-state index is 0.00154. The van der Waals surface area contributed by atoms with Crippen molar-refractivity contribution < 1.29 is 19.1 Å². The second-order valence-electron chi connectivity index (χ2n) is 6.93. The molecule has 0 radical (unpaired) electrons. The van der Waals surface area contributed by atoms with Crippen molar-refractivity contribution in [3.05, 3.63) is 58.7 Å². The van der Waals surface area contributed by atoms with Crippen molar-refractivity contribution in [3.8, 4) is 11.5 Å². The van der Waals surface area contributed by atoms with E-state index in [0.29, 0.717) is 24.5 Å². The summed E-state index contributed by atoms with van der Waals surface area (Å²) in [5.74, 6) is 1.28. The van der Waals surface area contributed by atoms with Gasteiger partial charge in [-0.2, -0.15) is 0 Å². The molecule has 2 aromatic carbocycles. The number of benzene rings is 2. The molecule has 1 heterocycles. The van der Waals surface area contributed by atoms with E-state index < -0.39 is 0 Å². The van der Waals surface area contributed by atoms with Gasteiger partial charge in [0.05, 0.1) is 6.04 Å². The molecule has 0 saturated carbocycles. The summed E-state index contributed by atoms with van der Waals surface area (Å²) < 4.78 is 11.1. The van der Waals surface area contributed by atoms with Crippen LogP contribution in [0.15, 0.2) is 36.4 Å². The number of Topliss-reactive ketones (excluding diaryl/α,β-unsaturated/α-hetero) is 1. The van der Waals surface area contributed by atoms with Crippen molar-refractivity contribution in [1.82, 2.24) is 5.32 Å². The lowest BCUT2D eigenvalue weighted by Crippen LogP contribution is -2.27. The summed E-state index contributed by atoms with van der Waals surface area (Å²) in [5.41, 5.74) is 3.62. The van der Waals surface area contributed by atoms with Crippen molar-refractivity contribution in [2.45, 2.75) is 39.7 Å². The summed E-state index contributed by atoms with van der Waals surface area (Å²) in [5, 5.41) is 2.95. The predicted molar refractivity (Wildman–Crippen MR) is 103 cm³/mol. The highest BCUT2D eigenvalue weighted by molar-refractivity contribution is 5.99. The molecule has 0 saturated heterocycles. The molecule has 0 fully saturated rings. The molecule has 1 N–H and O–H groups in total. The van der Waals surface area contributed by atoms with Crippen molar-refractivity contribution in [3.63, 3.8) is 0 Å². The maximum Gasteiger partial charge on any atom is 0.220 e. The molecule has 2 aromatic rings. The van der Waals surface area contributed by atoms with Gasteiger partial charge in [0.1, 0.15) is 13.2 Å². The normalized spacial score (nSPS) is 13.7. The fraction of sp³-hybridized carbons (Fsp3) is 0.364. The lowest BCUT2D eigenvalue weighted by molar-refractivity contribution is -0.121. The highest BCUT2D eigenvalue weighted by Gasteiger charge is 2.17. The van der Waals surface area contributed by atoms with Gasteiger partial charge in [0.2, 0.25) is 5.91 Å². The van der Waals surface area contributed by atoms with E-state index in [1.807, 2.05) is 57.2 Å². The standard InChI is InChI=1S/C22H25NO4/c1-14-4-5-15(2)18(12-14)19(24)7-9-22(25)23-16(3)17-6-8-20-21(13-17)27-11-10-26-20/h4-6,8,12-13,16H,7,9-11H2,1-3H3,(H,23,25). The van der Waals surface area contributed by atoms with Crippen LogP contribution in [0.25, 0.3) is 0 Å². The lowest BCUT2D eigenvalue weighted by Gasteiger charge is -2.21. The predicted octanol–water partition coefficient (Wildman–Crippen LogP) is 3.91. The summed E-state index contributed by atoms with van der Waals surface area (Å²) in [6.45, 7) is 6.86. The number of aryl methyl sites for hydroxylation is 2. The first-order valence-electron chi connectivity index (χ1n) is 9.23. The monoisotopic (exact) mass is 367 g/mol. The summed E-state index contributed by atoms with van der Waals surface area (Å²) in [7, 11) is 0. The molecule has 0 aliphatic carbocycles. The molecular weight excluding hydrogens is 342 g/mol. The first-order valence-corrected chi connectivity index (χ1v) is 9.23. The van der Waals surface area contributed by atoms with Crippen LogP contribution < -0.4 is 14.8 Å². The molecule has 142 valence electrons. The van der Waals surface area contributed by atoms with Gasteiger partial charge in [-0.1, -0.05) is 23.8 Å². The fourth-order valence-corrected chi connectivity index (χ4v) is 3.12. The number of fused-ring (bicyclic) bond motifs is 1. The first-order chi connectivity index (χ1) is 12.9. The van der Waals surface area contributed by atoms with E-state index in [9.17, 15) is 9.59 Å². The molecule has 0 spiro atoms. The quantitative estimate of drug-likeness (QED) is 0.786. The van der Waals surface area contributed by atoms with Crippen LogP contribution >= 0.6 is 0 Å². The number of amides is 1. The Bertz CT molecular complexity index is 859. The van der Waals surface area contributed by atoms with E-state index in [1.165, 1.54) is 0 Å². The molecule has 5 nitrogen and oxygen atoms in total. The number of carbonyl (C=O) groups excluding carboxylic acids is 2. The van der Waals surface area contributed by atoms with Gasteiger partial charge in [-0.05, 0) is 50.1 Å². The number of hydrogen-bond acceptors (Lipinski definition) is 4. The second kappa shape index (κ2) is 8.25. The summed E-state index contributed by atoms with van der Waals surface area (Å²) >= 11 is 0. The first kappa shape index (κ1) is 19.0. The van der Waals surface area contributed by atoms with Gasteiger partial charge in [0.15, 0.2) is 17.3 Å². The Labute approximate surface area is 159 Å². The van der Waals surface area contributed by atoms with Crippen LogP contribution in [0.4, 0.5) is 0 Å². The zero-order valence-corrected chi connectivity index (χ0v) is 16.0. The molecular formula is C22H25NO4. The van der Waals surface area contributed by atoms with Crippen LogP contribution in [-0.2, 0) is 4.79 Å². The molecule has 1 aliphatic rings. The maximum atomic E-state index is 12.4. The number of carbonyl (C=O) groups is 2. The highest BCUT2D eigenvalue weighted by Crippen LogP contribution is 2.32. The molecule has 1 unspecified atom stereocenters. The van der Waals surface area contributed by atoms with Crippen LogP contribution in [0.1, 0.15) is 52.9 Å². The third-order valence-electron chi connectivity index (χ3n) is 4.72. The van der Waals surface area contributed by atoms with Gasteiger partial charge in [0, 0.05) is 18.4 Å². The average molecular weight is 367 g/mol. The van der Waals surface area contributed by atoms with Crippen LogP contribution in [0.3, 0.4) is 0 Å². The highest BCUT2D eigenvalue weighted by atomic mass is 16.6. The molecule has 0 bridgehead atoms. The Morgan fingerprint density at radius 3 is 2.52 bits per heavy atom. The van der Waals surface area contributed by atoms with Crippen LogP contribution in [0.2, 0.25) is 0 Å². The Morgan fingerprint density at radius 1 is 1.00 bits per heavy atom. The topological polar surface area (TPSA) is 64.6 Å². The summed E-state index contributed by atoms with van der Waals surface area (Å²) in [4.78, 5) is 24.7. The Balaban J connectivity index is 1.56. The fourth-order valence-electron chi connectivity index (χ4n) is 3.12. The van der Waals surface area contributed by atoms with Gasteiger partial charge in [-0.15, -0.1) is 0 Å². The molecule has 0 aromatic heterocycles. The molecule has 1 atom stereocenters. The van der Waals surface area contributed by atoms with Crippen molar-refractivity contribution in [1.29, 1.82) is 0 Å². The largest absolute Gasteiger partial charge is 0.486 e. The number of hydrogen-bond donors (Lipinski definition) is 1. The van der Waals surface area contributed by atoms with E-state index >= 15 is 0 Å². The van der Waals surface area contributed by atoms with E-state index in [2.05, 4.69) is 5.32 Å². The Hall–Kier alpha value is -2.82. The van der Waals surface area contributed by atoms with Gasteiger partial charge < -0.3 is 14.8 Å². The third-order valence-corrected chi connectivity index (χ3v) is 4.72. The number of ether oxygens (including phenoxy) is 2. The molecule has 1 aliphatic heterocycles. The minimum atomic E-state index is -0.177. The van der Waals surface area contributed by atoms with Gasteiger partial charge in [-0.25, -0.2) is 0 Å². The zero-order chi connectivity index (χ0) is 19.4. The van der Waals surface area contributed by atoms with Crippen LogP contribution in [0.5, 0.6) is 11.5 Å². The summed E-state index contributed by atoms with van der Waals surface area (Å²) in [6.07, 6.45) is 0.366. The van der Waals surface area contributed by atoms with E-state index in [1.54, 1.807) is 0 Å². The Morgan fingerprint density at radius 2 is 1.74 bits per heavy atom. The van der Waals surface area contributed by atoms with Crippen molar-refractivity contribution >= 4 is 11.7 Å². The smallest absolute Gasteiger partial charge is 0.220 e. The number of rotatable bonds is 6. The minimum Gasteiger partial charge on any atom is -0.486 e. The van der Waals surface area contributed by atoms with Gasteiger partial charge in [0.25, 0.3) is 0 Å². The Kier molecular flexibility index (Phi) is 5.79. The van der Waals surface area contributed by atoms with Gasteiger partial charge in [-0.3, -0.25) is 9.59 Å². The molecule has 5 heteroatoms. The number of ketones is 1. The lowest BCUT2D eigenvalue weighted by atomic mass is 9.99. The SMILES string of the molecule is Cc1ccc(C)c(C(=O)CCC(=O)NC(C)c2ccc3c(c2)OCCO3)c1. The molecule has 1 amide bonds. The second-order valence-corrected chi connectivity index (χ2v) is 6.93. The zero-order valence-electron chi connectivity index (χ0n) is 16.0. The van der Waals surface area contributed by atoms with Gasteiger partial charge >= 0.3 is 0 Å². The van der Waals surface area contributed by atoms with Crippen molar-refractivity contribution in [2.24, 2.45) is 0 Å². The van der Waals surface area contributed by atoms with Crippen LogP contribution in [0, 0.1) is 13.8 Å².